The Bertz CT molecular complexity index is 1760. The number of carbonyl (C=O) groups is 1. The Labute approximate surface area is 240 Å². The van der Waals surface area contributed by atoms with E-state index >= 15 is 0 Å². The van der Waals surface area contributed by atoms with Gasteiger partial charge in [-0.3, -0.25) is 14.2 Å². The number of thioether (sulfide) groups is 1. The summed E-state index contributed by atoms with van der Waals surface area (Å²) in [6, 6.07) is 27.8. The summed E-state index contributed by atoms with van der Waals surface area (Å²) in [6.07, 6.45) is 4.16. The molecule has 0 saturated heterocycles. The third kappa shape index (κ3) is 5.37. The molecule has 0 aliphatic heterocycles. The van der Waals surface area contributed by atoms with Gasteiger partial charge < -0.3 is 0 Å². The van der Waals surface area contributed by atoms with Gasteiger partial charge in [0.15, 0.2) is 5.16 Å². The van der Waals surface area contributed by atoms with Crippen LogP contribution in [-0.4, -0.2) is 26.9 Å². The number of benzene rings is 3. The van der Waals surface area contributed by atoms with E-state index in [4.69, 9.17) is 4.98 Å². The average molecular weight is 565 g/mol. The first kappa shape index (κ1) is 26.2. The molecule has 5 aromatic rings. The van der Waals surface area contributed by atoms with Crippen LogP contribution in [0, 0.1) is 0 Å². The van der Waals surface area contributed by atoms with E-state index in [9.17, 15) is 9.59 Å². The molecular formula is C32H28N4O2S2. The van der Waals surface area contributed by atoms with Crippen LogP contribution in [0.1, 0.15) is 35.8 Å². The van der Waals surface area contributed by atoms with Gasteiger partial charge in [0.1, 0.15) is 4.83 Å². The van der Waals surface area contributed by atoms with Crippen molar-refractivity contribution in [3.8, 4) is 16.8 Å². The van der Waals surface area contributed by atoms with Crippen molar-refractivity contribution in [2.75, 3.05) is 5.75 Å². The van der Waals surface area contributed by atoms with Gasteiger partial charge in [-0.05, 0) is 67.0 Å². The summed E-state index contributed by atoms with van der Waals surface area (Å²) in [5, 5.41) is 5.56. The molecule has 3 aromatic carbocycles. The number of nitrogens with one attached hydrogen (secondary N) is 1. The van der Waals surface area contributed by atoms with E-state index in [2.05, 4.69) is 34.8 Å². The largest absolute Gasteiger partial charge is 0.272 e. The van der Waals surface area contributed by atoms with E-state index in [0.717, 1.165) is 63.8 Å². The maximum atomic E-state index is 13.8. The summed E-state index contributed by atoms with van der Waals surface area (Å²) in [5.74, 6) is -0.177. The highest BCUT2D eigenvalue weighted by Crippen LogP contribution is 2.35. The number of aromatic nitrogens is 2. The minimum Gasteiger partial charge on any atom is -0.272 e. The predicted octanol–water partition coefficient (Wildman–Crippen LogP) is 6.63. The molecule has 2 heterocycles. The summed E-state index contributed by atoms with van der Waals surface area (Å²) in [4.78, 5) is 33.5. The molecule has 0 saturated carbocycles. The minimum atomic E-state index is -0.260. The van der Waals surface area contributed by atoms with E-state index in [1.807, 2.05) is 67.6 Å². The van der Waals surface area contributed by atoms with Crippen molar-refractivity contribution < 1.29 is 4.79 Å². The van der Waals surface area contributed by atoms with Crippen LogP contribution in [0.3, 0.4) is 0 Å². The number of hydrogen-bond donors (Lipinski definition) is 1. The zero-order valence-electron chi connectivity index (χ0n) is 22.1. The normalized spacial score (nSPS) is 13.3. The molecule has 40 heavy (non-hydrogen) atoms. The van der Waals surface area contributed by atoms with Crippen LogP contribution in [0.2, 0.25) is 0 Å². The van der Waals surface area contributed by atoms with E-state index in [-0.39, 0.29) is 17.2 Å². The van der Waals surface area contributed by atoms with E-state index in [1.165, 1.54) is 16.6 Å². The van der Waals surface area contributed by atoms with Gasteiger partial charge in [0.05, 0.1) is 22.5 Å². The fourth-order valence-corrected chi connectivity index (χ4v) is 7.10. The number of nitrogens with zero attached hydrogens (tertiary/aromatic N) is 3. The lowest BCUT2D eigenvalue weighted by Gasteiger charge is -2.13. The lowest BCUT2D eigenvalue weighted by molar-refractivity contribution is -0.118. The molecule has 1 amide bonds. The minimum absolute atomic E-state index is 0.0636. The van der Waals surface area contributed by atoms with Crippen LogP contribution in [0.25, 0.3) is 27.0 Å². The SMILES string of the molecule is C/C(=N/NC(=O)CSc1nc2sc3c(c2c(=O)n1-c1ccccc1)CCCC3)c1ccc(-c2ccccc2)cc1. The first-order valence-electron chi connectivity index (χ1n) is 13.3. The standard InChI is InChI=1S/C32H28N4O2S2/c1-21(22-16-18-24(19-17-22)23-10-4-2-5-11-23)34-35-28(37)20-39-32-33-30-29(26-14-8-9-15-27(26)40-30)31(38)36(32)25-12-6-3-7-13-25/h2-7,10-13,16-19H,8-9,14-15,20H2,1H3,(H,35,37)/b34-21-. The van der Waals surface area contributed by atoms with Crippen LogP contribution >= 0.6 is 23.1 Å². The first-order valence-corrected chi connectivity index (χ1v) is 15.1. The first-order chi connectivity index (χ1) is 19.6. The smallest absolute Gasteiger partial charge is 0.267 e. The monoisotopic (exact) mass is 564 g/mol. The second-order valence-corrected chi connectivity index (χ2v) is 11.8. The molecule has 200 valence electrons. The predicted molar refractivity (Wildman–Crippen MR) is 165 cm³/mol. The molecule has 8 heteroatoms. The topological polar surface area (TPSA) is 76.3 Å². The molecule has 1 aliphatic rings. The zero-order valence-corrected chi connectivity index (χ0v) is 23.7. The van der Waals surface area contributed by atoms with Crippen LogP contribution in [-0.2, 0) is 17.6 Å². The fraction of sp³-hybridized carbons (Fsp3) is 0.188. The van der Waals surface area contributed by atoms with Crippen LogP contribution in [0.4, 0.5) is 0 Å². The van der Waals surface area contributed by atoms with Gasteiger partial charge in [-0.2, -0.15) is 5.10 Å². The molecule has 0 atom stereocenters. The van der Waals surface area contributed by atoms with Gasteiger partial charge in [0, 0.05) is 4.88 Å². The Morgan fingerprint density at radius 1 is 0.950 bits per heavy atom. The molecule has 6 nitrogen and oxygen atoms in total. The molecule has 0 bridgehead atoms. The van der Waals surface area contributed by atoms with Crippen LogP contribution in [0.5, 0.6) is 0 Å². The summed E-state index contributed by atoms with van der Waals surface area (Å²) >= 11 is 2.87. The highest BCUT2D eigenvalue weighted by Gasteiger charge is 2.23. The Morgan fingerprint density at radius 3 is 2.38 bits per heavy atom. The fourth-order valence-electron chi connectivity index (χ4n) is 5.00. The number of carbonyl (C=O) groups excluding carboxylic acids is 1. The van der Waals surface area contributed by atoms with Gasteiger partial charge >= 0.3 is 0 Å². The molecule has 0 fully saturated rings. The molecule has 0 unspecified atom stereocenters. The summed E-state index contributed by atoms with van der Waals surface area (Å²) in [7, 11) is 0. The average Bonchev–Trinajstić information content (AvgIpc) is 3.38. The van der Waals surface area contributed by atoms with Gasteiger partial charge in [-0.15, -0.1) is 11.3 Å². The summed E-state index contributed by atoms with van der Waals surface area (Å²) in [6.45, 7) is 1.87. The van der Waals surface area contributed by atoms with Gasteiger partial charge in [-0.1, -0.05) is 84.6 Å². The number of rotatable bonds is 7. The number of aryl methyl sites for hydroxylation is 2. The highest BCUT2D eigenvalue weighted by molar-refractivity contribution is 7.99. The highest BCUT2D eigenvalue weighted by atomic mass is 32.2. The third-order valence-electron chi connectivity index (χ3n) is 7.06. The number of hydrogen-bond acceptors (Lipinski definition) is 6. The Hall–Kier alpha value is -4.01. The van der Waals surface area contributed by atoms with E-state index < -0.39 is 0 Å². The van der Waals surface area contributed by atoms with Gasteiger partial charge in [0.2, 0.25) is 0 Å². The number of para-hydroxylation sites is 1. The molecule has 1 N–H and O–H groups in total. The third-order valence-corrected chi connectivity index (χ3v) is 9.19. The Balaban J connectivity index is 1.20. The Kier molecular flexibility index (Phi) is 7.62. The number of thiophene rings is 1. The number of amides is 1. The van der Waals surface area contributed by atoms with Crippen molar-refractivity contribution in [3.63, 3.8) is 0 Å². The molecule has 0 spiro atoms. The lowest BCUT2D eigenvalue weighted by atomic mass is 9.97. The van der Waals surface area contributed by atoms with Gasteiger partial charge in [-0.25, -0.2) is 10.4 Å². The quantitative estimate of drug-likeness (QED) is 0.104. The molecule has 6 rings (SSSR count). The summed E-state index contributed by atoms with van der Waals surface area (Å²) in [5.41, 5.74) is 8.42. The van der Waals surface area contributed by atoms with Crippen molar-refractivity contribution in [2.45, 2.75) is 37.8 Å². The Morgan fingerprint density at radius 2 is 1.62 bits per heavy atom. The number of fused-ring (bicyclic) bond motifs is 3. The maximum Gasteiger partial charge on any atom is 0.267 e. The number of hydrazone groups is 1. The van der Waals surface area contributed by atoms with Crippen LogP contribution < -0.4 is 11.0 Å². The maximum absolute atomic E-state index is 13.8. The van der Waals surface area contributed by atoms with Crippen molar-refractivity contribution in [3.05, 3.63) is 111 Å². The summed E-state index contributed by atoms with van der Waals surface area (Å²) < 4.78 is 1.64. The lowest BCUT2D eigenvalue weighted by Crippen LogP contribution is -2.24. The van der Waals surface area contributed by atoms with E-state index in [0.29, 0.717) is 10.9 Å². The second-order valence-electron chi connectivity index (χ2n) is 9.73. The van der Waals surface area contributed by atoms with Crippen molar-refractivity contribution in [1.82, 2.24) is 15.0 Å². The van der Waals surface area contributed by atoms with Gasteiger partial charge in [0.25, 0.3) is 11.5 Å². The molecule has 0 radical (unpaired) electrons. The molecule has 2 aromatic heterocycles. The van der Waals surface area contributed by atoms with E-state index in [1.54, 1.807) is 15.9 Å². The van der Waals surface area contributed by atoms with Crippen molar-refractivity contribution >= 4 is 44.9 Å². The van der Waals surface area contributed by atoms with Crippen LogP contribution in [0.15, 0.2) is 100.0 Å². The van der Waals surface area contributed by atoms with Crippen molar-refractivity contribution in [2.24, 2.45) is 5.10 Å². The molecular weight excluding hydrogens is 537 g/mol. The zero-order chi connectivity index (χ0) is 27.5. The second kappa shape index (κ2) is 11.6. The molecule has 1 aliphatic carbocycles. The van der Waals surface area contributed by atoms with Crippen molar-refractivity contribution in [1.29, 1.82) is 0 Å².